The highest BCUT2D eigenvalue weighted by Crippen LogP contribution is 2.40. The van der Waals surface area contributed by atoms with Crippen LogP contribution in [0, 0.1) is 0 Å². The molecule has 2 heterocycles. The van der Waals surface area contributed by atoms with E-state index in [4.69, 9.17) is 0 Å². The van der Waals surface area contributed by atoms with Gasteiger partial charge < -0.3 is 5.11 Å². The first-order valence-corrected chi connectivity index (χ1v) is 8.69. The number of aliphatic hydroxyl groups is 1. The number of halogens is 1. The summed E-state index contributed by atoms with van der Waals surface area (Å²) in [5.41, 5.74) is 0. The lowest BCUT2D eigenvalue weighted by atomic mass is 10.0. The predicted molar refractivity (Wildman–Crippen MR) is 75.2 cm³/mol. The molecular formula is C13H16BrNO3S. The van der Waals surface area contributed by atoms with Crippen LogP contribution in [-0.4, -0.2) is 36.0 Å². The first-order valence-electron chi connectivity index (χ1n) is 6.46. The molecule has 0 radical (unpaired) electrons. The summed E-state index contributed by atoms with van der Waals surface area (Å²) < 4.78 is 27.8. The second kappa shape index (κ2) is 4.84. The van der Waals surface area contributed by atoms with Gasteiger partial charge >= 0.3 is 0 Å². The third kappa shape index (κ3) is 2.24. The van der Waals surface area contributed by atoms with E-state index in [1.165, 1.54) is 0 Å². The molecule has 2 fully saturated rings. The molecule has 2 aliphatic heterocycles. The van der Waals surface area contributed by atoms with Gasteiger partial charge in [-0.3, -0.25) is 0 Å². The lowest BCUT2D eigenvalue weighted by Gasteiger charge is -2.36. The minimum absolute atomic E-state index is 0.0501. The van der Waals surface area contributed by atoms with Crippen LogP contribution in [-0.2, 0) is 10.0 Å². The fraction of sp³-hybridized carbons (Fsp3) is 0.538. The summed E-state index contributed by atoms with van der Waals surface area (Å²) in [6.45, 7) is 0. The van der Waals surface area contributed by atoms with Gasteiger partial charge in [0.2, 0.25) is 10.0 Å². The SMILES string of the molecule is O=S(=O)(c1ccccc1Br)N1C2CCC1CC(O)C2. The molecule has 3 rings (SSSR count). The highest BCUT2D eigenvalue weighted by Gasteiger charge is 2.47. The number of nitrogens with zero attached hydrogens (tertiary/aromatic N) is 1. The van der Waals surface area contributed by atoms with Gasteiger partial charge in [0.1, 0.15) is 0 Å². The molecule has 2 unspecified atom stereocenters. The predicted octanol–water partition coefficient (Wildman–Crippen LogP) is 2.13. The molecule has 2 aliphatic rings. The molecule has 0 aromatic heterocycles. The third-order valence-electron chi connectivity index (χ3n) is 4.03. The van der Waals surface area contributed by atoms with Gasteiger partial charge in [-0.1, -0.05) is 12.1 Å². The number of hydrogen-bond donors (Lipinski definition) is 1. The average Bonchev–Trinajstić information content (AvgIpc) is 2.63. The normalized spacial score (nSPS) is 31.6. The van der Waals surface area contributed by atoms with Gasteiger partial charge in [-0.25, -0.2) is 8.42 Å². The van der Waals surface area contributed by atoms with Gasteiger partial charge in [0, 0.05) is 16.6 Å². The fourth-order valence-electron chi connectivity index (χ4n) is 3.27. The first-order chi connectivity index (χ1) is 9.00. The van der Waals surface area contributed by atoms with Crippen LogP contribution in [0.3, 0.4) is 0 Å². The van der Waals surface area contributed by atoms with E-state index >= 15 is 0 Å². The fourth-order valence-corrected chi connectivity index (χ4v) is 6.12. The Hall–Kier alpha value is -0.430. The van der Waals surface area contributed by atoms with Crippen LogP contribution in [0.4, 0.5) is 0 Å². The molecule has 1 aromatic rings. The molecule has 2 atom stereocenters. The van der Waals surface area contributed by atoms with Crippen molar-refractivity contribution < 1.29 is 13.5 Å². The summed E-state index contributed by atoms with van der Waals surface area (Å²) in [6, 6.07) is 6.81. The molecule has 4 nitrogen and oxygen atoms in total. The topological polar surface area (TPSA) is 57.6 Å². The zero-order valence-electron chi connectivity index (χ0n) is 10.4. The van der Waals surface area contributed by atoms with Gasteiger partial charge in [-0.05, 0) is 53.7 Å². The van der Waals surface area contributed by atoms with Gasteiger partial charge in [0.15, 0.2) is 0 Å². The van der Waals surface area contributed by atoms with Crippen LogP contribution < -0.4 is 0 Å². The summed E-state index contributed by atoms with van der Waals surface area (Å²) in [5.74, 6) is 0. The molecule has 104 valence electrons. The highest BCUT2D eigenvalue weighted by atomic mass is 79.9. The Morgan fingerprint density at radius 3 is 2.32 bits per heavy atom. The molecule has 19 heavy (non-hydrogen) atoms. The Morgan fingerprint density at radius 2 is 1.74 bits per heavy atom. The van der Waals surface area contributed by atoms with Crippen molar-refractivity contribution in [1.29, 1.82) is 0 Å². The van der Waals surface area contributed by atoms with Crippen molar-refractivity contribution in [1.82, 2.24) is 4.31 Å². The van der Waals surface area contributed by atoms with Gasteiger partial charge in [-0.2, -0.15) is 4.31 Å². The first kappa shape index (κ1) is 13.5. The van der Waals surface area contributed by atoms with Crippen LogP contribution in [0.1, 0.15) is 25.7 Å². The number of fused-ring (bicyclic) bond motifs is 2. The molecule has 1 N–H and O–H groups in total. The van der Waals surface area contributed by atoms with E-state index in [9.17, 15) is 13.5 Å². The van der Waals surface area contributed by atoms with Crippen molar-refractivity contribution in [2.45, 2.75) is 48.8 Å². The van der Waals surface area contributed by atoms with Crippen molar-refractivity contribution in [2.75, 3.05) is 0 Å². The molecular weight excluding hydrogens is 330 g/mol. The van der Waals surface area contributed by atoms with Gasteiger partial charge in [0.25, 0.3) is 0 Å². The average molecular weight is 346 g/mol. The van der Waals surface area contributed by atoms with E-state index in [1.54, 1.807) is 28.6 Å². The Bertz CT molecular complexity index is 575. The zero-order valence-corrected chi connectivity index (χ0v) is 12.8. The monoisotopic (exact) mass is 345 g/mol. The smallest absolute Gasteiger partial charge is 0.244 e. The summed E-state index contributed by atoms with van der Waals surface area (Å²) >= 11 is 3.32. The van der Waals surface area contributed by atoms with Crippen molar-refractivity contribution in [3.05, 3.63) is 28.7 Å². The Kier molecular flexibility index (Phi) is 3.45. The van der Waals surface area contributed by atoms with E-state index in [0.29, 0.717) is 22.2 Å². The molecule has 0 amide bonds. The van der Waals surface area contributed by atoms with E-state index in [1.807, 2.05) is 0 Å². The zero-order chi connectivity index (χ0) is 13.6. The van der Waals surface area contributed by atoms with Crippen LogP contribution >= 0.6 is 15.9 Å². The van der Waals surface area contributed by atoms with Gasteiger partial charge in [0.05, 0.1) is 11.0 Å². The lowest BCUT2D eigenvalue weighted by molar-refractivity contribution is 0.0768. The highest BCUT2D eigenvalue weighted by molar-refractivity contribution is 9.10. The number of benzene rings is 1. The maximum Gasteiger partial charge on any atom is 0.244 e. The second-order valence-electron chi connectivity index (χ2n) is 5.28. The summed E-state index contributed by atoms with van der Waals surface area (Å²) in [4.78, 5) is 0.322. The molecule has 6 heteroatoms. The Labute approximate surface area is 121 Å². The number of aliphatic hydroxyl groups excluding tert-OH is 1. The van der Waals surface area contributed by atoms with Gasteiger partial charge in [-0.15, -0.1) is 0 Å². The van der Waals surface area contributed by atoms with Crippen molar-refractivity contribution in [2.24, 2.45) is 0 Å². The summed E-state index contributed by atoms with van der Waals surface area (Å²) in [6.07, 6.45) is 2.46. The van der Waals surface area contributed by atoms with Crippen LogP contribution in [0.15, 0.2) is 33.6 Å². The number of rotatable bonds is 2. The quantitative estimate of drug-likeness (QED) is 0.893. The van der Waals surface area contributed by atoms with Crippen molar-refractivity contribution in [3.8, 4) is 0 Å². The molecule has 2 saturated heterocycles. The minimum Gasteiger partial charge on any atom is -0.393 e. The summed E-state index contributed by atoms with van der Waals surface area (Å²) in [5, 5.41) is 9.77. The maximum atomic E-state index is 12.8. The largest absolute Gasteiger partial charge is 0.393 e. The van der Waals surface area contributed by atoms with Crippen LogP contribution in [0.5, 0.6) is 0 Å². The number of sulfonamides is 1. The lowest BCUT2D eigenvalue weighted by Crippen LogP contribution is -2.47. The van der Waals surface area contributed by atoms with Crippen molar-refractivity contribution in [3.63, 3.8) is 0 Å². The van der Waals surface area contributed by atoms with Crippen LogP contribution in [0.25, 0.3) is 0 Å². The van der Waals surface area contributed by atoms with E-state index < -0.39 is 10.0 Å². The maximum absolute atomic E-state index is 12.8. The number of piperidine rings is 1. The van der Waals surface area contributed by atoms with Crippen LogP contribution in [0.2, 0.25) is 0 Å². The molecule has 0 aliphatic carbocycles. The second-order valence-corrected chi connectivity index (χ2v) is 7.94. The third-order valence-corrected chi connectivity index (χ3v) is 7.05. The molecule has 1 aromatic carbocycles. The molecule has 0 saturated carbocycles. The van der Waals surface area contributed by atoms with E-state index in [0.717, 1.165) is 12.8 Å². The minimum atomic E-state index is -3.48. The number of hydrogen-bond acceptors (Lipinski definition) is 3. The Morgan fingerprint density at radius 1 is 1.16 bits per heavy atom. The molecule has 0 spiro atoms. The van der Waals surface area contributed by atoms with E-state index in [-0.39, 0.29) is 18.2 Å². The Balaban J connectivity index is 2.01. The van der Waals surface area contributed by atoms with E-state index in [2.05, 4.69) is 15.9 Å². The standard InChI is InChI=1S/C13H16BrNO3S/c14-12-3-1-2-4-13(12)19(17,18)15-9-5-6-10(15)8-11(16)7-9/h1-4,9-11,16H,5-8H2. The van der Waals surface area contributed by atoms with Crippen molar-refractivity contribution >= 4 is 26.0 Å². The molecule has 2 bridgehead atoms. The summed E-state index contributed by atoms with van der Waals surface area (Å²) in [7, 11) is -3.48.